The zero-order chi connectivity index (χ0) is 16.7. The van der Waals surface area contributed by atoms with Crippen LogP contribution in [0.1, 0.15) is 18.9 Å². The Bertz CT molecular complexity index is 793. The second kappa shape index (κ2) is 5.44. The van der Waals surface area contributed by atoms with Crippen molar-refractivity contribution in [2.75, 3.05) is 19.8 Å². The van der Waals surface area contributed by atoms with E-state index in [0.717, 1.165) is 17.6 Å². The molecular weight excluding hydrogens is 306 g/mol. The van der Waals surface area contributed by atoms with Gasteiger partial charge in [0.05, 0.1) is 0 Å². The average Bonchev–Trinajstić information content (AvgIpc) is 3.06. The van der Waals surface area contributed by atoms with Crippen molar-refractivity contribution in [3.05, 3.63) is 53.8 Å². The van der Waals surface area contributed by atoms with Gasteiger partial charge in [0.2, 0.25) is 5.91 Å². The molecule has 124 valence electrons. The quantitative estimate of drug-likeness (QED) is 0.849. The molecule has 0 bridgehead atoms. The fourth-order valence-electron chi connectivity index (χ4n) is 3.51. The fourth-order valence-corrected chi connectivity index (χ4v) is 3.51. The zero-order valence-electron chi connectivity index (χ0n) is 13.6. The molecule has 1 aromatic carbocycles. The first-order valence-electron chi connectivity index (χ1n) is 8.06. The van der Waals surface area contributed by atoms with Crippen LogP contribution in [-0.2, 0) is 10.2 Å². The third kappa shape index (κ3) is 1.97. The van der Waals surface area contributed by atoms with Gasteiger partial charge in [-0.25, -0.2) is 0 Å². The molecule has 1 fully saturated rings. The summed E-state index contributed by atoms with van der Waals surface area (Å²) in [6, 6.07) is 3.69. The van der Waals surface area contributed by atoms with E-state index >= 15 is 0 Å². The lowest BCUT2D eigenvalue weighted by atomic mass is 9.76. The molecule has 0 aromatic heterocycles. The predicted octanol–water partition coefficient (Wildman–Crippen LogP) is 2.62. The predicted molar refractivity (Wildman–Crippen MR) is 89.4 cm³/mol. The largest absolute Gasteiger partial charge is 0.491 e. The highest BCUT2D eigenvalue weighted by Crippen LogP contribution is 2.52. The molecule has 3 aliphatic rings. The molecule has 1 N–H and O–H groups in total. The normalized spacial score (nSPS) is 26.1. The Balaban J connectivity index is 1.85. The van der Waals surface area contributed by atoms with Gasteiger partial charge >= 0.3 is 0 Å². The Morgan fingerprint density at radius 2 is 1.96 bits per heavy atom. The molecule has 1 amide bonds. The topological polar surface area (TPSA) is 56.8 Å². The van der Waals surface area contributed by atoms with Crippen LogP contribution in [-0.4, -0.2) is 25.7 Å². The number of allylic oxidation sites excluding steroid dienone is 4. The summed E-state index contributed by atoms with van der Waals surface area (Å²) in [5.41, 5.74) is 1.47. The van der Waals surface area contributed by atoms with Crippen molar-refractivity contribution >= 4 is 5.91 Å². The van der Waals surface area contributed by atoms with Crippen LogP contribution >= 0.6 is 0 Å². The van der Waals surface area contributed by atoms with Crippen LogP contribution in [0.2, 0.25) is 0 Å². The van der Waals surface area contributed by atoms with E-state index in [0.29, 0.717) is 36.2 Å². The number of hydrogen-bond acceptors (Lipinski definition) is 4. The van der Waals surface area contributed by atoms with Gasteiger partial charge in [-0.1, -0.05) is 24.8 Å². The average molecular weight is 325 g/mol. The van der Waals surface area contributed by atoms with Gasteiger partial charge in [0.1, 0.15) is 31.0 Å². The van der Waals surface area contributed by atoms with E-state index in [2.05, 4.69) is 11.9 Å². The van der Waals surface area contributed by atoms with Crippen molar-refractivity contribution in [3.8, 4) is 17.2 Å². The lowest BCUT2D eigenvalue weighted by molar-refractivity contribution is -0.123. The fraction of sp³-hybridized carbons (Fsp3) is 0.316. The number of rotatable bonds is 2. The summed E-state index contributed by atoms with van der Waals surface area (Å²) >= 11 is 0. The van der Waals surface area contributed by atoms with Crippen LogP contribution in [0.3, 0.4) is 0 Å². The van der Waals surface area contributed by atoms with Gasteiger partial charge in [-0.05, 0) is 25.0 Å². The SMILES string of the molecule is C=C1NC(=O)C2(COc3cc4c(cc32)OCCO4)C1=CCC=CC. The van der Waals surface area contributed by atoms with E-state index in [1.165, 1.54) is 0 Å². The Morgan fingerprint density at radius 3 is 2.71 bits per heavy atom. The molecule has 1 atom stereocenters. The van der Waals surface area contributed by atoms with E-state index < -0.39 is 5.41 Å². The first-order valence-corrected chi connectivity index (χ1v) is 8.06. The highest BCUT2D eigenvalue weighted by atomic mass is 16.6. The van der Waals surface area contributed by atoms with E-state index in [4.69, 9.17) is 14.2 Å². The second-order valence-corrected chi connectivity index (χ2v) is 6.04. The molecule has 3 heterocycles. The van der Waals surface area contributed by atoms with Crippen LogP contribution in [0.5, 0.6) is 17.2 Å². The van der Waals surface area contributed by atoms with Crippen LogP contribution < -0.4 is 19.5 Å². The number of carbonyl (C=O) groups excluding carboxylic acids is 1. The summed E-state index contributed by atoms with van der Waals surface area (Å²) in [6.45, 7) is 7.26. The van der Waals surface area contributed by atoms with Gasteiger partial charge in [0.25, 0.3) is 0 Å². The molecule has 3 aliphatic heterocycles. The molecule has 0 saturated carbocycles. The van der Waals surface area contributed by atoms with Crippen molar-refractivity contribution in [3.63, 3.8) is 0 Å². The standard InChI is InChI=1S/C19H19NO4/c1-3-4-5-6-13-12(2)20-18(21)19(13)11-24-15-10-17-16(9-14(15)19)22-7-8-23-17/h3-4,6,9-10H,2,5,7-8,11H2,1H3,(H,20,21). The lowest BCUT2D eigenvalue weighted by Gasteiger charge is -2.23. The minimum atomic E-state index is -0.857. The van der Waals surface area contributed by atoms with E-state index in [1.807, 2.05) is 37.3 Å². The van der Waals surface area contributed by atoms with Crippen molar-refractivity contribution in [1.29, 1.82) is 0 Å². The van der Waals surface area contributed by atoms with Crippen molar-refractivity contribution < 1.29 is 19.0 Å². The molecule has 24 heavy (non-hydrogen) atoms. The first kappa shape index (κ1) is 14.9. The van der Waals surface area contributed by atoms with Gasteiger partial charge in [0, 0.05) is 17.3 Å². The summed E-state index contributed by atoms with van der Waals surface area (Å²) in [5, 5.41) is 2.87. The molecule has 1 saturated heterocycles. The summed E-state index contributed by atoms with van der Waals surface area (Å²) in [6.07, 6.45) is 6.80. The van der Waals surface area contributed by atoms with E-state index in [9.17, 15) is 4.79 Å². The van der Waals surface area contributed by atoms with Crippen molar-refractivity contribution in [2.24, 2.45) is 0 Å². The number of carbonyl (C=O) groups is 1. The van der Waals surface area contributed by atoms with Gasteiger partial charge in [-0.2, -0.15) is 0 Å². The maximum Gasteiger partial charge on any atom is 0.243 e. The minimum absolute atomic E-state index is 0.102. The molecule has 1 aromatic rings. The maximum atomic E-state index is 12.8. The van der Waals surface area contributed by atoms with Gasteiger partial charge < -0.3 is 19.5 Å². The summed E-state index contributed by atoms with van der Waals surface area (Å²) in [5.74, 6) is 1.88. The Labute approximate surface area is 140 Å². The van der Waals surface area contributed by atoms with Crippen molar-refractivity contribution in [2.45, 2.75) is 18.8 Å². The highest BCUT2D eigenvalue weighted by Gasteiger charge is 2.55. The molecule has 1 spiro atoms. The number of fused-ring (bicyclic) bond motifs is 3. The van der Waals surface area contributed by atoms with Crippen LogP contribution in [0.15, 0.2) is 48.2 Å². The van der Waals surface area contributed by atoms with Crippen LogP contribution in [0.4, 0.5) is 0 Å². The number of hydrogen-bond donors (Lipinski definition) is 1. The first-order chi connectivity index (χ1) is 11.7. The Morgan fingerprint density at radius 1 is 1.21 bits per heavy atom. The monoisotopic (exact) mass is 325 g/mol. The van der Waals surface area contributed by atoms with E-state index in [1.54, 1.807) is 0 Å². The number of amides is 1. The van der Waals surface area contributed by atoms with E-state index in [-0.39, 0.29) is 12.5 Å². The molecule has 5 heteroatoms. The zero-order valence-corrected chi connectivity index (χ0v) is 13.6. The molecular formula is C19H19NO4. The third-order valence-corrected chi connectivity index (χ3v) is 4.68. The van der Waals surface area contributed by atoms with Gasteiger partial charge in [-0.15, -0.1) is 0 Å². The molecule has 0 aliphatic carbocycles. The van der Waals surface area contributed by atoms with Gasteiger partial charge in [0.15, 0.2) is 11.5 Å². The Kier molecular flexibility index (Phi) is 3.37. The maximum absolute atomic E-state index is 12.8. The molecule has 5 nitrogen and oxygen atoms in total. The summed E-state index contributed by atoms with van der Waals surface area (Å²) in [4.78, 5) is 12.8. The van der Waals surface area contributed by atoms with Gasteiger partial charge in [-0.3, -0.25) is 4.79 Å². The third-order valence-electron chi connectivity index (χ3n) is 4.68. The highest BCUT2D eigenvalue weighted by molar-refractivity contribution is 6.00. The molecule has 1 unspecified atom stereocenters. The Hall–Kier alpha value is -2.69. The second-order valence-electron chi connectivity index (χ2n) is 6.04. The number of ether oxygens (including phenoxy) is 3. The summed E-state index contributed by atoms with van der Waals surface area (Å²) in [7, 11) is 0. The van der Waals surface area contributed by atoms with Crippen LogP contribution in [0.25, 0.3) is 0 Å². The summed E-state index contributed by atoms with van der Waals surface area (Å²) < 4.78 is 17.2. The minimum Gasteiger partial charge on any atom is -0.491 e. The number of nitrogens with one attached hydrogen (secondary N) is 1. The number of benzene rings is 1. The molecule has 0 radical (unpaired) electrons. The molecule has 4 rings (SSSR count). The van der Waals surface area contributed by atoms with Crippen LogP contribution in [0, 0.1) is 0 Å². The van der Waals surface area contributed by atoms with Crippen molar-refractivity contribution in [1.82, 2.24) is 5.32 Å². The smallest absolute Gasteiger partial charge is 0.243 e. The lowest BCUT2D eigenvalue weighted by Crippen LogP contribution is -2.38.